The molecule has 1 aliphatic heterocycles. The van der Waals surface area contributed by atoms with E-state index in [0.717, 1.165) is 61.7 Å². The van der Waals surface area contributed by atoms with E-state index < -0.39 is 9.84 Å². The maximum Gasteiger partial charge on any atom is 0.175 e. The first-order valence-electron chi connectivity index (χ1n) is 10.7. The van der Waals surface area contributed by atoms with Crippen molar-refractivity contribution in [2.24, 2.45) is 0 Å². The first kappa shape index (κ1) is 20.3. The Kier molecular flexibility index (Phi) is 5.10. The predicted molar refractivity (Wildman–Crippen MR) is 123 cm³/mol. The van der Waals surface area contributed by atoms with Gasteiger partial charge in [-0.25, -0.2) is 18.4 Å². The molecular formula is C22H28N6O2S. The topological polar surface area (TPSA) is 83.4 Å². The molecule has 0 radical (unpaired) electrons. The Bertz CT molecular complexity index is 1180. The van der Waals surface area contributed by atoms with Crippen LogP contribution < -0.4 is 15.1 Å². The second kappa shape index (κ2) is 7.80. The van der Waals surface area contributed by atoms with Gasteiger partial charge < -0.3 is 19.7 Å². The number of nitrogens with one attached hydrogen (secondary N) is 1. The highest BCUT2D eigenvalue weighted by Crippen LogP contribution is 2.34. The fourth-order valence-corrected chi connectivity index (χ4v) is 5.13. The van der Waals surface area contributed by atoms with Gasteiger partial charge in [0.25, 0.3) is 0 Å². The molecule has 0 bridgehead atoms. The van der Waals surface area contributed by atoms with E-state index >= 15 is 0 Å². The summed E-state index contributed by atoms with van der Waals surface area (Å²) < 4.78 is 25.6. The smallest absolute Gasteiger partial charge is 0.175 e. The number of fused-ring (bicyclic) bond motifs is 1. The molecule has 0 amide bonds. The lowest BCUT2D eigenvalue weighted by molar-refractivity contribution is 0.240. The summed E-state index contributed by atoms with van der Waals surface area (Å²) in [7, 11) is -1.15. The molecule has 1 aliphatic carbocycles. The molecule has 5 rings (SSSR count). The third kappa shape index (κ3) is 3.87. The molecule has 2 aromatic heterocycles. The van der Waals surface area contributed by atoms with E-state index in [2.05, 4.69) is 36.9 Å². The Morgan fingerprint density at radius 2 is 1.68 bits per heavy atom. The summed E-state index contributed by atoms with van der Waals surface area (Å²) >= 11 is 0. The lowest BCUT2D eigenvalue weighted by atomic mass is 9.87. The van der Waals surface area contributed by atoms with Crippen molar-refractivity contribution in [2.75, 3.05) is 49.3 Å². The molecule has 3 aromatic rings. The molecule has 1 saturated carbocycles. The minimum atomic E-state index is -3.17. The van der Waals surface area contributed by atoms with Gasteiger partial charge in [-0.3, -0.25) is 0 Å². The number of piperazine rings is 1. The van der Waals surface area contributed by atoms with E-state index in [-0.39, 0.29) is 0 Å². The summed E-state index contributed by atoms with van der Waals surface area (Å²) in [6.07, 6.45) is 7.48. The molecule has 31 heavy (non-hydrogen) atoms. The van der Waals surface area contributed by atoms with E-state index in [1.807, 2.05) is 25.4 Å². The SMILES string of the molecule is CN[C@H]1C[C@H](n2ccc3ncc(N4CCN(c5ccc(S(C)(=O)=O)cc5)CC4)nc32)C1. The van der Waals surface area contributed by atoms with Crippen molar-refractivity contribution in [3.05, 3.63) is 42.7 Å². The van der Waals surface area contributed by atoms with Crippen LogP contribution in [-0.2, 0) is 9.84 Å². The summed E-state index contributed by atoms with van der Waals surface area (Å²) in [5.41, 5.74) is 2.96. The van der Waals surface area contributed by atoms with Crippen LogP contribution in [0.3, 0.4) is 0 Å². The van der Waals surface area contributed by atoms with Crippen molar-refractivity contribution < 1.29 is 8.42 Å². The molecule has 0 atom stereocenters. The summed E-state index contributed by atoms with van der Waals surface area (Å²) in [5, 5.41) is 3.34. The molecule has 3 heterocycles. The van der Waals surface area contributed by atoms with Crippen LogP contribution in [0.15, 0.2) is 47.6 Å². The van der Waals surface area contributed by atoms with Crippen LogP contribution in [0.1, 0.15) is 18.9 Å². The first-order valence-corrected chi connectivity index (χ1v) is 12.6. The van der Waals surface area contributed by atoms with Gasteiger partial charge in [-0.2, -0.15) is 0 Å². The summed E-state index contributed by atoms with van der Waals surface area (Å²) in [6, 6.07) is 10.3. The summed E-state index contributed by atoms with van der Waals surface area (Å²) in [6.45, 7) is 3.40. The van der Waals surface area contributed by atoms with Crippen molar-refractivity contribution >= 4 is 32.5 Å². The van der Waals surface area contributed by atoms with E-state index in [4.69, 9.17) is 4.98 Å². The van der Waals surface area contributed by atoms with Crippen LogP contribution in [-0.4, -0.2) is 68.5 Å². The molecular weight excluding hydrogens is 412 g/mol. The van der Waals surface area contributed by atoms with Crippen molar-refractivity contribution in [1.82, 2.24) is 19.9 Å². The molecule has 2 fully saturated rings. The van der Waals surface area contributed by atoms with Crippen LogP contribution in [0, 0.1) is 0 Å². The highest BCUT2D eigenvalue weighted by atomic mass is 32.2. The van der Waals surface area contributed by atoms with Crippen molar-refractivity contribution in [3.8, 4) is 0 Å². The van der Waals surface area contributed by atoms with Gasteiger partial charge >= 0.3 is 0 Å². The number of sulfone groups is 1. The predicted octanol–water partition coefficient (Wildman–Crippen LogP) is 2.08. The van der Waals surface area contributed by atoms with Gasteiger partial charge in [-0.05, 0) is 50.2 Å². The number of benzene rings is 1. The Balaban J connectivity index is 1.28. The standard InChI is InChI=1S/C22H28N6O2S/c1-23-16-13-18(14-16)28-8-7-20-22(28)25-21(15-24-20)27-11-9-26(10-12-27)17-3-5-19(6-4-17)31(2,29)30/h3-8,15-16,18,23H,9-14H2,1-2H3/t16-,18-. The van der Waals surface area contributed by atoms with Gasteiger partial charge in [0.15, 0.2) is 15.5 Å². The van der Waals surface area contributed by atoms with Gasteiger partial charge in [0.1, 0.15) is 11.3 Å². The molecule has 164 valence electrons. The van der Waals surface area contributed by atoms with Crippen LogP contribution in [0.5, 0.6) is 0 Å². The highest BCUT2D eigenvalue weighted by molar-refractivity contribution is 7.90. The van der Waals surface area contributed by atoms with E-state index in [9.17, 15) is 8.42 Å². The van der Waals surface area contributed by atoms with Crippen molar-refractivity contribution in [1.29, 1.82) is 0 Å². The van der Waals surface area contributed by atoms with E-state index in [1.54, 1.807) is 12.1 Å². The largest absolute Gasteiger partial charge is 0.368 e. The first-order chi connectivity index (χ1) is 14.9. The molecule has 9 heteroatoms. The highest BCUT2D eigenvalue weighted by Gasteiger charge is 2.30. The zero-order valence-corrected chi connectivity index (χ0v) is 18.7. The monoisotopic (exact) mass is 440 g/mol. The van der Waals surface area contributed by atoms with Gasteiger partial charge in [0.05, 0.1) is 11.1 Å². The Labute approximate surface area is 182 Å². The average molecular weight is 441 g/mol. The number of anilines is 2. The van der Waals surface area contributed by atoms with Crippen molar-refractivity contribution in [2.45, 2.75) is 29.8 Å². The van der Waals surface area contributed by atoms with Crippen LogP contribution in [0.2, 0.25) is 0 Å². The molecule has 2 aliphatic rings. The zero-order chi connectivity index (χ0) is 21.6. The lowest BCUT2D eigenvalue weighted by Crippen LogP contribution is -2.47. The van der Waals surface area contributed by atoms with Crippen molar-refractivity contribution in [3.63, 3.8) is 0 Å². The van der Waals surface area contributed by atoms with E-state index in [1.165, 1.54) is 6.26 Å². The number of rotatable bonds is 5. The number of nitrogens with zero attached hydrogens (tertiary/aromatic N) is 5. The molecule has 1 saturated heterocycles. The molecule has 1 N–H and O–H groups in total. The third-order valence-electron chi connectivity index (χ3n) is 6.55. The molecule has 0 unspecified atom stereocenters. The minimum absolute atomic E-state index is 0.356. The maximum absolute atomic E-state index is 11.7. The number of aromatic nitrogens is 3. The quantitative estimate of drug-likeness (QED) is 0.650. The third-order valence-corrected chi connectivity index (χ3v) is 7.68. The second-order valence-corrected chi connectivity index (χ2v) is 10.5. The average Bonchev–Trinajstić information content (AvgIpc) is 3.16. The van der Waals surface area contributed by atoms with Crippen LogP contribution in [0.4, 0.5) is 11.5 Å². The number of hydrogen-bond acceptors (Lipinski definition) is 7. The van der Waals surface area contributed by atoms with Gasteiger partial charge in [0, 0.05) is 56.4 Å². The minimum Gasteiger partial charge on any atom is -0.368 e. The second-order valence-electron chi connectivity index (χ2n) is 8.51. The normalized spacial score (nSPS) is 22.0. The Morgan fingerprint density at radius 1 is 1.00 bits per heavy atom. The lowest BCUT2D eigenvalue weighted by Gasteiger charge is -2.37. The molecule has 0 spiro atoms. The molecule has 8 nitrogen and oxygen atoms in total. The number of hydrogen-bond donors (Lipinski definition) is 1. The zero-order valence-electron chi connectivity index (χ0n) is 17.9. The summed E-state index contributed by atoms with van der Waals surface area (Å²) in [5.74, 6) is 0.920. The molecule has 1 aromatic carbocycles. The maximum atomic E-state index is 11.7. The Morgan fingerprint density at radius 3 is 2.32 bits per heavy atom. The van der Waals surface area contributed by atoms with Gasteiger partial charge in [0.2, 0.25) is 0 Å². The van der Waals surface area contributed by atoms with Gasteiger partial charge in [-0.15, -0.1) is 0 Å². The van der Waals surface area contributed by atoms with Crippen LogP contribution in [0.25, 0.3) is 11.2 Å². The fourth-order valence-electron chi connectivity index (χ4n) is 4.50. The van der Waals surface area contributed by atoms with Crippen LogP contribution >= 0.6 is 0 Å². The van der Waals surface area contributed by atoms with E-state index in [0.29, 0.717) is 17.0 Å². The summed E-state index contributed by atoms with van der Waals surface area (Å²) in [4.78, 5) is 14.5. The van der Waals surface area contributed by atoms with Gasteiger partial charge in [-0.1, -0.05) is 0 Å². The Hall–Kier alpha value is -2.65. The fraction of sp³-hybridized carbons (Fsp3) is 0.455.